The maximum absolute atomic E-state index is 11.9. The van der Waals surface area contributed by atoms with Crippen LogP contribution in [0.15, 0.2) is 18.6 Å². The fraction of sp³-hybridized carbons (Fsp3) is 0.444. The molecule has 1 aliphatic heterocycles. The highest BCUT2D eigenvalue weighted by Crippen LogP contribution is 2.09. The maximum Gasteiger partial charge on any atom is 0.246 e. The van der Waals surface area contributed by atoms with Crippen LogP contribution in [0, 0.1) is 0 Å². The summed E-state index contributed by atoms with van der Waals surface area (Å²) in [5.41, 5.74) is 5.84. The van der Waals surface area contributed by atoms with Crippen molar-refractivity contribution in [3.8, 4) is 0 Å². The van der Waals surface area contributed by atoms with Crippen LogP contribution >= 0.6 is 0 Å². The second kappa shape index (κ2) is 4.33. The molecule has 2 heterocycles. The van der Waals surface area contributed by atoms with E-state index in [4.69, 9.17) is 0 Å². The number of hydrogen-bond acceptors (Lipinski definition) is 5. The molecule has 0 radical (unpaired) electrons. The first-order valence-electron chi connectivity index (χ1n) is 4.81. The fourth-order valence-corrected chi connectivity index (χ4v) is 1.48. The monoisotopic (exact) mass is 207 g/mol. The topological polar surface area (TPSA) is 70.2 Å². The predicted octanol–water partition coefficient (Wildman–Crippen LogP) is -0.694. The minimum atomic E-state index is -0.169. The van der Waals surface area contributed by atoms with E-state index in [0.717, 1.165) is 13.0 Å². The summed E-state index contributed by atoms with van der Waals surface area (Å²) >= 11 is 0. The Labute approximate surface area is 87.7 Å². The number of hydrazine groups is 1. The van der Waals surface area contributed by atoms with Gasteiger partial charge in [-0.25, -0.2) is 10.4 Å². The first kappa shape index (κ1) is 10.0. The van der Waals surface area contributed by atoms with E-state index in [1.54, 1.807) is 25.6 Å². The van der Waals surface area contributed by atoms with Gasteiger partial charge in [-0.2, -0.15) is 0 Å². The zero-order valence-corrected chi connectivity index (χ0v) is 8.47. The van der Waals surface area contributed by atoms with Gasteiger partial charge in [-0.3, -0.25) is 20.1 Å². The average Bonchev–Trinajstić information content (AvgIpc) is 2.82. The smallest absolute Gasteiger partial charge is 0.246 e. The molecule has 0 aromatic carbocycles. The first-order chi connectivity index (χ1) is 7.29. The Morgan fingerprint density at radius 2 is 2.47 bits per heavy atom. The van der Waals surface area contributed by atoms with Crippen molar-refractivity contribution in [3.63, 3.8) is 0 Å². The van der Waals surface area contributed by atoms with Crippen LogP contribution in [0.1, 0.15) is 6.42 Å². The Hall–Kier alpha value is -1.53. The van der Waals surface area contributed by atoms with Crippen molar-refractivity contribution in [1.29, 1.82) is 0 Å². The third-order valence-electron chi connectivity index (χ3n) is 2.36. The number of carbonyl (C=O) groups excluding carboxylic acids is 1. The van der Waals surface area contributed by atoms with Crippen LogP contribution in [0.3, 0.4) is 0 Å². The zero-order valence-electron chi connectivity index (χ0n) is 8.47. The van der Waals surface area contributed by atoms with Gasteiger partial charge in [0.15, 0.2) is 5.82 Å². The van der Waals surface area contributed by atoms with Gasteiger partial charge in [0.25, 0.3) is 0 Å². The van der Waals surface area contributed by atoms with Crippen molar-refractivity contribution in [1.82, 2.24) is 20.8 Å². The van der Waals surface area contributed by atoms with E-state index in [9.17, 15) is 4.79 Å². The maximum atomic E-state index is 11.9. The quantitative estimate of drug-likeness (QED) is 0.671. The number of nitrogens with zero attached hydrogens (tertiary/aromatic N) is 3. The Morgan fingerprint density at radius 1 is 1.60 bits per heavy atom. The number of aromatic nitrogens is 2. The molecular weight excluding hydrogens is 194 g/mol. The lowest BCUT2D eigenvalue weighted by Crippen LogP contribution is -2.44. The second-order valence-corrected chi connectivity index (χ2v) is 3.37. The van der Waals surface area contributed by atoms with Gasteiger partial charge >= 0.3 is 0 Å². The number of rotatable bonds is 2. The lowest BCUT2D eigenvalue weighted by molar-refractivity contribution is -0.120. The van der Waals surface area contributed by atoms with Gasteiger partial charge in [0.1, 0.15) is 6.04 Å². The molecule has 1 aromatic rings. The molecule has 1 aliphatic rings. The summed E-state index contributed by atoms with van der Waals surface area (Å²) in [4.78, 5) is 21.4. The molecule has 0 saturated carbocycles. The first-order valence-corrected chi connectivity index (χ1v) is 4.81. The molecule has 0 aliphatic carbocycles. The standard InChI is InChI=1S/C9H13N5O/c1-14(8-6-10-4-5-11-8)9(15)7-2-3-12-13-7/h4-7,12-13H,2-3H2,1H3. The van der Waals surface area contributed by atoms with E-state index in [1.165, 1.54) is 4.90 Å². The highest BCUT2D eigenvalue weighted by atomic mass is 16.2. The van der Waals surface area contributed by atoms with Gasteiger partial charge in [0.05, 0.1) is 6.20 Å². The summed E-state index contributed by atoms with van der Waals surface area (Å²) in [7, 11) is 1.70. The number of likely N-dealkylation sites (N-methyl/N-ethyl adjacent to an activating group) is 1. The molecule has 1 atom stereocenters. The lowest BCUT2D eigenvalue weighted by Gasteiger charge is -2.19. The predicted molar refractivity (Wildman–Crippen MR) is 55.0 cm³/mol. The normalized spacial score (nSPS) is 20.2. The number of amides is 1. The number of carbonyl (C=O) groups is 1. The summed E-state index contributed by atoms with van der Waals surface area (Å²) in [5, 5.41) is 0. The van der Waals surface area contributed by atoms with Crippen molar-refractivity contribution in [3.05, 3.63) is 18.6 Å². The highest BCUT2D eigenvalue weighted by Gasteiger charge is 2.26. The summed E-state index contributed by atoms with van der Waals surface area (Å²) in [5.74, 6) is 0.566. The summed E-state index contributed by atoms with van der Waals surface area (Å²) < 4.78 is 0. The van der Waals surface area contributed by atoms with Crippen molar-refractivity contribution < 1.29 is 4.79 Å². The van der Waals surface area contributed by atoms with Crippen LogP contribution in [0.2, 0.25) is 0 Å². The largest absolute Gasteiger partial charge is 0.297 e. The molecule has 1 fully saturated rings. The van der Waals surface area contributed by atoms with E-state index in [2.05, 4.69) is 20.8 Å². The molecule has 2 rings (SSSR count). The van der Waals surface area contributed by atoms with Crippen LogP contribution in [0.4, 0.5) is 5.82 Å². The second-order valence-electron chi connectivity index (χ2n) is 3.37. The van der Waals surface area contributed by atoms with Crippen molar-refractivity contribution in [2.45, 2.75) is 12.5 Å². The number of nitrogens with one attached hydrogen (secondary N) is 2. The molecule has 15 heavy (non-hydrogen) atoms. The molecule has 1 saturated heterocycles. The van der Waals surface area contributed by atoms with Crippen LogP contribution in [-0.4, -0.2) is 35.5 Å². The molecule has 2 N–H and O–H groups in total. The van der Waals surface area contributed by atoms with Gasteiger partial charge in [0.2, 0.25) is 5.91 Å². The molecular formula is C9H13N5O. The number of hydrogen-bond donors (Lipinski definition) is 2. The van der Waals surface area contributed by atoms with E-state index < -0.39 is 0 Å². The fourth-order valence-electron chi connectivity index (χ4n) is 1.48. The minimum Gasteiger partial charge on any atom is -0.297 e. The van der Waals surface area contributed by atoms with Gasteiger partial charge in [0, 0.05) is 26.0 Å². The summed E-state index contributed by atoms with van der Waals surface area (Å²) in [6.45, 7) is 0.810. The molecule has 1 aromatic heterocycles. The molecule has 6 heteroatoms. The lowest BCUT2D eigenvalue weighted by atomic mass is 10.2. The van der Waals surface area contributed by atoms with Gasteiger partial charge in [-0.1, -0.05) is 0 Å². The Bertz CT molecular complexity index is 336. The van der Waals surface area contributed by atoms with E-state index in [1.807, 2.05) is 0 Å². The summed E-state index contributed by atoms with van der Waals surface area (Å²) in [6, 6.07) is -0.169. The third-order valence-corrected chi connectivity index (χ3v) is 2.36. The van der Waals surface area contributed by atoms with Crippen LogP contribution < -0.4 is 15.8 Å². The zero-order chi connectivity index (χ0) is 10.7. The minimum absolute atomic E-state index is 0.000463. The SMILES string of the molecule is CN(C(=O)C1CCNN1)c1cnccn1. The van der Waals surface area contributed by atoms with Crippen molar-refractivity contribution >= 4 is 11.7 Å². The van der Waals surface area contributed by atoms with Gasteiger partial charge in [-0.15, -0.1) is 0 Å². The van der Waals surface area contributed by atoms with E-state index in [0.29, 0.717) is 5.82 Å². The Kier molecular flexibility index (Phi) is 2.89. The van der Waals surface area contributed by atoms with Gasteiger partial charge in [-0.05, 0) is 6.42 Å². The highest BCUT2D eigenvalue weighted by molar-refractivity contribution is 5.95. The Morgan fingerprint density at radius 3 is 3.07 bits per heavy atom. The van der Waals surface area contributed by atoms with Crippen molar-refractivity contribution in [2.24, 2.45) is 0 Å². The molecule has 0 bridgehead atoms. The van der Waals surface area contributed by atoms with Gasteiger partial charge < -0.3 is 0 Å². The van der Waals surface area contributed by atoms with E-state index in [-0.39, 0.29) is 11.9 Å². The van der Waals surface area contributed by atoms with Crippen LogP contribution in [0.25, 0.3) is 0 Å². The molecule has 0 spiro atoms. The molecule has 1 unspecified atom stereocenters. The van der Waals surface area contributed by atoms with Crippen LogP contribution in [-0.2, 0) is 4.79 Å². The summed E-state index contributed by atoms with van der Waals surface area (Å²) in [6.07, 6.45) is 5.51. The molecule has 1 amide bonds. The Balaban J connectivity index is 2.07. The average molecular weight is 207 g/mol. The number of anilines is 1. The molecule has 80 valence electrons. The van der Waals surface area contributed by atoms with E-state index >= 15 is 0 Å². The van der Waals surface area contributed by atoms with Crippen LogP contribution in [0.5, 0.6) is 0 Å². The third kappa shape index (κ3) is 2.11. The van der Waals surface area contributed by atoms with Crippen molar-refractivity contribution in [2.75, 3.05) is 18.5 Å². The molecule has 6 nitrogen and oxygen atoms in total.